The van der Waals surface area contributed by atoms with Gasteiger partial charge >= 0.3 is 12.0 Å². The molecule has 0 aromatic heterocycles. The van der Waals surface area contributed by atoms with Crippen molar-refractivity contribution < 1.29 is 41.0 Å². The fourth-order valence-electron chi connectivity index (χ4n) is 3.19. The smallest absolute Gasteiger partial charge is 0.324 e. The average molecular weight is 480 g/mol. The Morgan fingerprint density at radius 3 is 2.03 bits per heavy atom. The number of esters is 1. The van der Waals surface area contributed by atoms with E-state index < -0.39 is 53.3 Å². The second kappa shape index (κ2) is 9.77. The molecule has 0 saturated heterocycles. The van der Waals surface area contributed by atoms with Gasteiger partial charge in [-0.05, 0) is 36.2 Å². The highest BCUT2D eigenvalue weighted by atomic mass is 19.2. The Morgan fingerprint density at radius 2 is 1.47 bits per heavy atom. The van der Waals surface area contributed by atoms with E-state index in [1.165, 1.54) is 30.2 Å². The number of methoxy groups -OCH3 is 1. The number of benzene rings is 3. The van der Waals surface area contributed by atoms with Crippen molar-refractivity contribution in [3.8, 4) is 11.5 Å². The van der Waals surface area contributed by atoms with Gasteiger partial charge in [-0.3, -0.25) is 9.69 Å². The number of ether oxygens (including phenoxy) is 2. The van der Waals surface area contributed by atoms with E-state index in [1.807, 2.05) is 0 Å². The zero-order valence-corrected chi connectivity index (χ0v) is 17.8. The van der Waals surface area contributed by atoms with E-state index in [4.69, 9.17) is 10.5 Å². The van der Waals surface area contributed by atoms with Crippen LogP contribution in [0.5, 0.6) is 11.5 Å². The number of para-hydroxylation sites is 1. The van der Waals surface area contributed by atoms with Crippen LogP contribution in [0.15, 0.2) is 42.5 Å². The van der Waals surface area contributed by atoms with Crippen LogP contribution in [0.1, 0.15) is 11.1 Å². The number of nitrogens with zero attached hydrogens (tertiary/aromatic N) is 1. The molecule has 0 fully saturated rings. The Morgan fingerprint density at radius 1 is 0.882 bits per heavy atom. The van der Waals surface area contributed by atoms with Crippen LogP contribution < -0.4 is 20.1 Å². The number of carbonyl (C=O) groups excluding carboxylic acids is 2. The maximum atomic E-state index is 13.8. The van der Waals surface area contributed by atoms with Crippen LogP contribution in [-0.4, -0.2) is 19.1 Å². The van der Waals surface area contributed by atoms with E-state index in [-0.39, 0.29) is 17.0 Å². The third-order valence-corrected chi connectivity index (χ3v) is 4.80. The Bertz CT molecular complexity index is 1250. The Balaban J connectivity index is 1.90. The SMILES string of the molecule is COc1cc(CC(=O)Oc2c(F)c(F)c(F)c(F)c2F)ccc1N(C(N)=O)c1ccccc1C. The average Bonchev–Trinajstić information content (AvgIpc) is 2.81. The quantitative estimate of drug-likeness (QED) is 0.176. The van der Waals surface area contributed by atoms with Crippen molar-refractivity contribution in [3.05, 3.63) is 82.7 Å². The number of nitrogens with two attached hydrogens (primary N) is 1. The van der Waals surface area contributed by atoms with Crippen molar-refractivity contribution in [1.29, 1.82) is 0 Å². The first kappa shape index (κ1) is 24.5. The molecule has 2 N–H and O–H groups in total. The van der Waals surface area contributed by atoms with E-state index in [1.54, 1.807) is 31.2 Å². The van der Waals surface area contributed by atoms with Crippen molar-refractivity contribution in [2.24, 2.45) is 5.73 Å². The predicted octanol–water partition coefficient (Wildman–Crippen LogP) is 5.06. The van der Waals surface area contributed by atoms with Crippen LogP contribution in [0.4, 0.5) is 38.1 Å². The molecule has 3 rings (SSSR count). The lowest BCUT2D eigenvalue weighted by Crippen LogP contribution is -2.32. The molecule has 0 saturated carbocycles. The van der Waals surface area contributed by atoms with Crippen LogP contribution in [0, 0.1) is 36.0 Å². The maximum Gasteiger partial charge on any atom is 0.324 e. The summed E-state index contributed by atoms with van der Waals surface area (Å²) >= 11 is 0. The van der Waals surface area contributed by atoms with Crippen molar-refractivity contribution in [3.63, 3.8) is 0 Å². The second-order valence-corrected chi connectivity index (χ2v) is 7.02. The van der Waals surface area contributed by atoms with Gasteiger partial charge in [0.15, 0.2) is 0 Å². The molecule has 0 aliphatic rings. The lowest BCUT2D eigenvalue weighted by molar-refractivity contribution is -0.134. The molecule has 0 unspecified atom stereocenters. The van der Waals surface area contributed by atoms with Gasteiger partial charge in [0.25, 0.3) is 0 Å². The maximum absolute atomic E-state index is 13.8. The molecule has 2 amide bonds. The van der Waals surface area contributed by atoms with Crippen molar-refractivity contribution in [2.75, 3.05) is 12.0 Å². The standard InChI is InChI=1S/C23H17F5N2O4/c1-11-5-3-4-6-13(11)30(23(29)32)14-8-7-12(9-15(14)33-2)10-16(31)34-22-20(27)18(25)17(24)19(26)21(22)28/h3-9H,10H2,1-2H3,(H2,29,32). The first-order valence-electron chi connectivity index (χ1n) is 9.61. The highest BCUT2D eigenvalue weighted by molar-refractivity contribution is 6.00. The zero-order valence-electron chi connectivity index (χ0n) is 17.8. The minimum Gasteiger partial charge on any atom is -0.495 e. The Labute approximate surface area is 190 Å². The molecule has 0 spiro atoms. The summed E-state index contributed by atoms with van der Waals surface area (Å²) in [5, 5.41) is 0. The van der Waals surface area contributed by atoms with E-state index in [2.05, 4.69) is 4.74 Å². The van der Waals surface area contributed by atoms with Gasteiger partial charge in [0.2, 0.25) is 34.8 Å². The highest BCUT2D eigenvalue weighted by Crippen LogP contribution is 2.36. The third-order valence-electron chi connectivity index (χ3n) is 4.80. The first-order valence-corrected chi connectivity index (χ1v) is 9.61. The number of primary amides is 1. The number of urea groups is 1. The topological polar surface area (TPSA) is 81.9 Å². The summed E-state index contributed by atoms with van der Waals surface area (Å²) in [7, 11) is 1.30. The molecular weight excluding hydrogens is 463 g/mol. The fourth-order valence-corrected chi connectivity index (χ4v) is 3.19. The molecule has 3 aromatic rings. The molecule has 34 heavy (non-hydrogen) atoms. The van der Waals surface area contributed by atoms with E-state index >= 15 is 0 Å². The van der Waals surface area contributed by atoms with Gasteiger partial charge in [-0.25, -0.2) is 18.0 Å². The number of rotatable bonds is 6. The normalized spacial score (nSPS) is 10.7. The lowest BCUT2D eigenvalue weighted by atomic mass is 10.1. The molecule has 0 bridgehead atoms. The van der Waals surface area contributed by atoms with Crippen LogP contribution in [0.2, 0.25) is 0 Å². The van der Waals surface area contributed by atoms with E-state index in [0.29, 0.717) is 5.69 Å². The minimum atomic E-state index is -2.37. The summed E-state index contributed by atoms with van der Waals surface area (Å²) in [5.41, 5.74) is 7.21. The van der Waals surface area contributed by atoms with Gasteiger partial charge in [-0.2, -0.15) is 8.78 Å². The number of halogens is 5. The molecule has 178 valence electrons. The minimum absolute atomic E-state index is 0.114. The molecule has 3 aromatic carbocycles. The fraction of sp³-hybridized carbons (Fsp3) is 0.130. The van der Waals surface area contributed by atoms with Crippen LogP contribution in [-0.2, 0) is 11.2 Å². The second-order valence-electron chi connectivity index (χ2n) is 7.02. The van der Waals surface area contributed by atoms with Crippen molar-refractivity contribution in [1.82, 2.24) is 0 Å². The van der Waals surface area contributed by atoms with Gasteiger partial charge in [0.05, 0.1) is 24.9 Å². The largest absolute Gasteiger partial charge is 0.495 e. The van der Waals surface area contributed by atoms with Gasteiger partial charge in [-0.15, -0.1) is 0 Å². The summed E-state index contributed by atoms with van der Waals surface area (Å²) < 4.78 is 77.0. The van der Waals surface area contributed by atoms with Crippen LogP contribution in [0.3, 0.4) is 0 Å². The number of aryl methyl sites for hydroxylation is 1. The number of hydrogen-bond acceptors (Lipinski definition) is 4. The molecule has 0 aliphatic carbocycles. The van der Waals surface area contributed by atoms with Crippen LogP contribution in [0.25, 0.3) is 0 Å². The van der Waals surface area contributed by atoms with Crippen molar-refractivity contribution in [2.45, 2.75) is 13.3 Å². The molecule has 0 aliphatic heterocycles. The summed E-state index contributed by atoms with van der Waals surface area (Å²) in [6, 6.07) is 10.2. The zero-order chi connectivity index (χ0) is 25.2. The van der Waals surface area contributed by atoms with E-state index in [0.717, 1.165) is 5.56 Å². The van der Waals surface area contributed by atoms with Gasteiger partial charge < -0.3 is 15.2 Å². The number of anilines is 2. The molecule has 6 nitrogen and oxygen atoms in total. The molecule has 0 atom stereocenters. The highest BCUT2D eigenvalue weighted by Gasteiger charge is 2.29. The van der Waals surface area contributed by atoms with Gasteiger partial charge in [0.1, 0.15) is 5.75 Å². The monoisotopic (exact) mass is 480 g/mol. The van der Waals surface area contributed by atoms with Gasteiger partial charge in [-0.1, -0.05) is 24.3 Å². The number of amides is 2. The van der Waals surface area contributed by atoms with E-state index in [9.17, 15) is 31.5 Å². The summed E-state index contributed by atoms with van der Waals surface area (Å²) in [5.74, 6) is -14.3. The summed E-state index contributed by atoms with van der Waals surface area (Å²) in [6.07, 6.45) is -0.614. The Kier molecular flexibility index (Phi) is 7.04. The number of hydrogen-bond donors (Lipinski definition) is 1. The lowest BCUT2D eigenvalue weighted by Gasteiger charge is -2.24. The van der Waals surface area contributed by atoms with Crippen molar-refractivity contribution >= 4 is 23.4 Å². The molecular formula is C23H17F5N2O4. The predicted molar refractivity (Wildman–Crippen MR) is 111 cm³/mol. The Hall–Kier alpha value is -4.15. The number of carbonyl (C=O) groups is 2. The molecule has 0 radical (unpaired) electrons. The summed E-state index contributed by atoms with van der Waals surface area (Å²) in [6.45, 7) is 1.77. The summed E-state index contributed by atoms with van der Waals surface area (Å²) in [4.78, 5) is 25.5. The third kappa shape index (κ3) is 4.63. The first-order chi connectivity index (χ1) is 16.1. The van der Waals surface area contributed by atoms with Crippen LogP contribution >= 0.6 is 0 Å². The molecule has 11 heteroatoms. The molecule has 0 heterocycles. The van der Waals surface area contributed by atoms with Gasteiger partial charge in [0, 0.05) is 0 Å².